The van der Waals surface area contributed by atoms with Crippen molar-refractivity contribution in [2.45, 2.75) is 95.9 Å². The number of carbonyl (C=O) groups excluding carboxylic acids is 2. The largest absolute Gasteiger partial charge is 0.494 e. The van der Waals surface area contributed by atoms with E-state index in [1.807, 2.05) is 49.1 Å². The summed E-state index contributed by atoms with van der Waals surface area (Å²) in [7, 11) is 0. The molecule has 0 atom stereocenters. The van der Waals surface area contributed by atoms with Crippen LogP contribution in [-0.2, 0) is 27.4 Å². The van der Waals surface area contributed by atoms with Gasteiger partial charge in [-0.1, -0.05) is 30.3 Å². The maximum absolute atomic E-state index is 13.6. The molecule has 7 rings (SSSR count). The summed E-state index contributed by atoms with van der Waals surface area (Å²) in [5.41, 5.74) is 4.17. The minimum absolute atomic E-state index is 0.0774. The molecule has 2 saturated heterocycles. The number of amides is 1. The molecule has 3 aromatic rings. The molecule has 0 radical (unpaired) electrons. The first-order valence-electron chi connectivity index (χ1n) is 17.6. The molecule has 1 amide bonds. The van der Waals surface area contributed by atoms with Crippen LogP contribution in [-0.4, -0.2) is 64.7 Å². The number of halogens is 1. The van der Waals surface area contributed by atoms with Crippen molar-refractivity contribution in [3.63, 3.8) is 0 Å². The monoisotopic (exact) mass is 655 g/mol. The second-order valence-electron chi connectivity index (χ2n) is 14.4. The van der Waals surface area contributed by atoms with E-state index in [0.29, 0.717) is 31.9 Å². The van der Waals surface area contributed by atoms with Gasteiger partial charge in [0.15, 0.2) is 0 Å². The molecule has 2 aliphatic heterocycles. The number of pyridine rings is 1. The molecular formula is C39H46FN3O5. The number of likely N-dealkylation sites (tertiary alicyclic amines) is 1. The number of aromatic nitrogens is 1. The van der Waals surface area contributed by atoms with Crippen molar-refractivity contribution < 1.29 is 28.2 Å². The summed E-state index contributed by atoms with van der Waals surface area (Å²) in [4.78, 5) is 35.0. The molecular weight excluding hydrogens is 609 g/mol. The molecule has 0 N–H and O–H groups in total. The molecule has 3 heterocycles. The van der Waals surface area contributed by atoms with Gasteiger partial charge in [0.1, 0.15) is 23.8 Å². The van der Waals surface area contributed by atoms with Crippen molar-refractivity contribution in [3.05, 3.63) is 83.3 Å². The minimum atomic E-state index is -0.536. The summed E-state index contributed by atoms with van der Waals surface area (Å²) >= 11 is 0. The molecule has 2 aromatic carbocycles. The van der Waals surface area contributed by atoms with Crippen LogP contribution in [0.15, 0.2) is 60.8 Å². The summed E-state index contributed by atoms with van der Waals surface area (Å²) < 4.78 is 31.6. The van der Waals surface area contributed by atoms with Gasteiger partial charge in [-0.05, 0) is 93.7 Å². The number of rotatable bonds is 10. The highest BCUT2D eigenvalue weighted by atomic mass is 19.1. The van der Waals surface area contributed by atoms with E-state index in [4.69, 9.17) is 14.2 Å². The maximum Gasteiger partial charge on any atom is 0.410 e. The van der Waals surface area contributed by atoms with Crippen molar-refractivity contribution >= 4 is 12.1 Å². The quantitative estimate of drug-likeness (QED) is 0.208. The molecule has 48 heavy (non-hydrogen) atoms. The average Bonchev–Trinajstić information content (AvgIpc) is 3.90. The standard InChI is InChI=1S/C39H46FN3O5/c1-3-46-35-22-33(34-12-11-30(40)23-41-34)32(28-9-10-28)21-29(35)24-42-19-17-39(18-20-42)26-43(37(45)48-39)31-13-15-38(2,16-14-31)36(44)47-25-27-7-5-4-6-8-27/h4-8,11-12,21-23,28,31H,3,9-10,13-20,24-26H2,1-2H3/t31-,38-. The first-order valence-corrected chi connectivity index (χ1v) is 17.6. The van der Waals surface area contributed by atoms with Crippen LogP contribution in [0, 0.1) is 11.2 Å². The molecule has 2 aliphatic carbocycles. The zero-order chi connectivity index (χ0) is 33.3. The number of hydrogen-bond donors (Lipinski definition) is 0. The van der Waals surface area contributed by atoms with Crippen molar-refractivity contribution in [1.82, 2.24) is 14.8 Å². The second-order valence-corrected chi connectivity index (χ2v) is 14.4. The fourth-order valence-corrected chi connectivity index (χ4v) is 7.75. The van der Waals surface area contributed by atoms with Gasteiger partial charge in [0.25, 0.3) is 0 Å². The fraction of sp³-hybridized carbons (Fsp3) is 0.513. The Morgan fingerprint density at radius 2 is 1.77 bits per heavy atom. The van der Waals surface area contributed by atoms with Gasteiger partial charge >= 0.3 is 12.1 Å². The fourth-order valence-electron chi connectivity index (χ4n) is 7.75. The summed E-state index contributed by atoms with van der Waals surface area (Å²) in [5, 5.41) is 0. The molecule has 9 heteroatoms. The Labute approximate surface area is 282 Å². The third-order valence-electron chi connectivity index (χ3n) is 10.9. The second kappa shape index (κ2) is 13.5. The molecule has 8 nitrogen and oxygen atoms in total. The smallest absolute Gasteiger partial charge is 0.410 e. The Balaban J connectivity index is 0.956. The number of carbonyl (C=O) groups is 2. The van der Waals surface area contributed by atoms with E-state index in [9.17, 15) is 14.0 Å². The first-order chi connectivity index (χ1) is 23.2. The van der Waals surface area contributed by atoms with E-state index in [2.05, 4.69) is 22.0 Å². The molecule has 4 fully saturated rings. The lowest BCUT2D eigenvalue weighted by Gasteiger charge is -2.40. The first kappa shape index (κ1) is 32.6. The van der Waals surface area contributed by atoms with E-state index in [-0.39, 0.29) is 30.5 Å². The van der Waals surface area contributed by atoms with Gasteiger partial charge in [0.2, 0.25) is 0 Å². The molecule has 1 spiro atoms. The maximum atomic E-state index is 13.6. The molecule has 0 unspecified atom stereocenters. The van der Waals surface area contributed by atoms with E-state index in [0.717, 1.165) is 86.3 Å². The Bertz CT molecular complexity index is 1610. The lowest BCUT2D eigenvalue weighted by Crippen LogP contribution is -2.48. The van der Waals surface area contributed by atoms with Crippen LogP contribution in [0.25, 0.3) is 11.3 Å². The highest BCUT2D eigenvalue weighted by Gasteiger charge is 2.50. The molecule has 4 aliphatic rings. The van der Waals surface area contributed by atoms with Crippen molar-refractivity contribution in [3.8, 4) is 17.0 Å². The van der Waals surface area contributed by atoms with Crippen LogP contribution in [0.5, 0.6) is 5.75 Å². The van der Waals surface area contributed by atoms with Crippen LogP contribution >= 0.6 is 0 Å². The molecule has 0 bridgehead atoms. The SMILES string of the molecule is CCOc1cc(-c2ccc(F)cn2)c(C2CC2)cc1CN1CCC2(CC1)CN([C@H]1CC[C@](C)(C(=O)OCc3ccccc3)CC1)C(=O)O2. The number of piperidine rings is 1. The predicted molar refractivity (Wildman–Crippen MR) is 180 cm³/mol. The zero-order valence-electron chi connectivity index (χ0n) is 28.1. The van der Waals surface area contributed by atoms with Crippen LogP contribution in [0.3, 0.4) is 0 Å². The van der Waals surface area contributed by atoms with Gasteiger partial charge in [-0.25, -0.2) is 9.18 Å². The number of benzene rings is 2. The lowest BCUT2D eigenvalue weighted by atomic mass is 9.73. The van der Waals surface area contributed by atoms with Gasteiger partial charge in [-0.2, -0.15) is 0 Å². The minimum Gasteiger partial charge on any atom is -0.494 e. The summed E-state index contributed by atoms with van der Waals surface area (Å²) in [6, 6.07) is 17.4. The Morgan fingerprint density at radius 3 is 2.44 bits per heavy atom. The summed E-state index contributed by atoms with van der Waals surface area (Å²) in [5.74, 6) is 0.837. The van der Waals surface area contributed by atoms with E-state index < -0.39 is 11.0 Å². The van der Waals surface area contributed by atoms with Crippen molar-refractivity contribution in [1.29, 1.82) is 0 Å². The normalized spacial score (nSPS) is 24.0. The number of esters is 1. The predicted octanol–water partition coefficient (Wildman–Crippen LogP) is 7.64. The highest BCUT2D eigenvalue weighted by Crippen LogP contribution is 2.47. The van der Waals surface area contributed by atoms with Crippen LogP contribution in [0.2, 0.25) is 0 Å². The van der Waals surface area contributed by atoms with Gasteiger partial charge in [-0.3, -0.25) is 14.7 Å². The van der Waals surface area contributed by atoms with E-state index >= 15 is 0 Å². The van der Waals surface area contributed by atoms with Crippen LogP contribution < -0.4 is 4.74 Å². The van der Waals surface area contributed by atoms with Gasteiger partial charge in [-0.15, -0.1) is 0 Å². The number of nitrogens with zero attached hydrogens (tertiary/aromatic N) is 3. The molecule has 1 aromatic heterocycles. The Hall–Kier alpha value is -3.98. The molecule has 254 valence electrons. The van der Waals surface area contributed by atoms with Crippen molar-refractivity contribution in [2.75, 3.05) is 26.2 Å². The average molecular weight is 656 g/mol. The number of hydrogen-bond acceptors (Lipinski definition) is 7. The third kappa shape index (κ3) is 6.93. The van der Waals surface area contributed by atoms with Crippen molar-refractivity contribution in [2.24, 2.45) is 5.41 Å². The molecule has 2 saturated carbocycles. The summed E-state index contributed by atoms with van der Waals surface area (Å²) in [6.07, 6.45) is 7.82. The van der Waals surface area contributed by atoms with Gasteiger partial charge < -0.3 is 19.1 Å². The van der Waals surface area contributed by atoms with E-state index in [1.54, 1.807) is 6.07 Å². The van der Waals surface area contributed by atoms with E-state index in [1.165, 1.54) is 17.8 Å². The van der Waals surface area contributed by atoms with Gasteiger partial charge in [0, 0.05) is 49.6 Å². The van der Waals surface area contributed by atoms with Crippen LogP contribution in [0.4, 0.5) is 9.18 Å². The Kier molecular flexibility index (Phi) is 9.16. The Morgan fingerprint density at radius 1 is 1.02 bits per heavy atom. The number of ether oxygens (including phenoxy) is 3. The third-order valence-corrected chi connectivity index (χ3v) is 10.9. The topological polar surface area (TPSA) is 81.2 Å². The van der Waals surface area contributed by atoms with Gasteiger partial charge in [0.05, 0.1) is 30.5 Å². The lowest BCUT2D eigenvalue weighted by molar-refractivity contribution is -0.158. The highest BCUT2D eigenvalue weighted by molar-refractivity contribution is 5.77. The zero-order valence-corrected chi connectivity index (χ0v) is 28.1. The summed E-state index contributed by atoms with van der Waals surface area (Å²) in [6.45, 7) is 7.82. The van der Waals surface area contributed by atoms with Crippen LogP contribution in [0.1, 0.15) is 87.8 Å².